The summed E-state index contributed by atoms with van der Waals surface area (Å²) in [5.41, 5.74) is 1.95. The summed E-state index contributed by atoms with van der Waals surface area (Å²) in [6.07, 6.45) is 12.2. The molecule has 4 fully saturated rings. The Morgan fingerprint density at radius 2 is 1.47 bits per heavy atom. The lowest BCUT2D eigenvalue weighted by atomic mass is 9.33. The topological polar surface area (TPSA) is 34.1 Å². The molecule has 5 aliphatic rings. The highest BCUT2D eigenvalue weighted by molar-refractivity contribution is 5.96. The number of fused-ring (bicyclic) bond motifs is 7. The number of Topliss-reactive ketones (excluding diaryl/α,β-unsaturated/α-hetero) is 1. The van der Waals surface area contributed by atoms with Gasteiger partial charge in [0.25, 0.3) is 0 Å². The minimum Gasteiger partial charge on any atom is -0.299 e. The largest absolute Gasteiger partial charge is 0.299 e. The van der Waals surface area contributed by atoms with Gasteiger partial charge in [-0.3, -0.25) is 9.59 Å². The second-order valence-electron chi connectivity index (χ2n) is 15.0. The molecule has 0 saturated heterocycles. The van der Waals surface area contributed by atoms with E-state index in [-0.39, 0.29) is 27.6 Å². The molecule has 0 spiro atoms. The van der Waals surface area contributed by atoms with Gasteiger partial charge in [-0.25, -0.2) is 0 Å². The molecule has 0 radical (unpaired) electrons. The third-order valence-corrected chi connectivity index (χ3v) is 12.5. The first-order chi connectivity index (χ1) is 14.6. The van der Waals surface area contributed by atoms with Gasteiger partial charge >= 0.3 is 0 Å². The Bertz CT molecular complexity index is 908. The molecule has 2 heteroatoms. The summed E-state index contributed by atoms with van der Waals surface area (Å²) in [5, 5.41) is 0. The van der Waals surface area contributed by atoms with Crippen molar-refractivity contribution in [1.29, 1.82) is 0 Å². The molecule has 0 aromatic rings. The lowest BCUT2D eigenvalue weighted by Crippen LogP contribution is -2.66. The van der Waals surface area contributed by atoms with Gasteiger partial charge in [-0.2, -0.15) is 0 Å². The smallest absolute Gasteiger partial charge is 0.159 e. The summed E-state index contributed by atoms with van der Waals surface area (Å²) >= 11 is 0. The van der Waals surface area contributed by atoms with Gasteiger partial charge in [-0.05, 0) is 96.4 Å². The van der Waals surface area contributed by atoms with Crippen LogP contribution in [0.2, 0.25) is 0 Å². The quantitative estimate of drug-likeness (QED) is 0.391. The molecule has 5 aliphatic carbocycles. The predicted octanol–water partition coefficient (Wildman–Crippen LogP) is 7.56. The molecule has 0 aliphatic heterocycles. The fraction of sp³-hybridized carbons (Fsp3) is 0.867. The SMILES string of the molecule is CC1(C)CC[C@]2(C)CC[C@]3(C)C(=CC(=O)[C@H]4[C@@]5(C)CCC(=O)C(C)(C)C5CC[C@]43C)[C@H]2C1. The van der Waals surface area contributed by atoms with Crippen molar-refractivity contribution in [1.82, 2.24) is 0 Å². The average Bonchev–Trinajstić information content (AvgIpc) is 2.68. The first-order valence-corrected chi connectivity index (χ1v) is 13.4. The molecule has 2 nitrogen and oxygen atoms in total. The Morgan fingerprint density at radius 1 is 0.812 bits per heavy atom. The highest BCUT2D eigenvalue weighted by atomic mass is 16.1. The summed E-state index contributed by atoms with van der Waals surface area (Å²) in [7, 11) is 0. The molecular weight excluding hydrogens is 392 g/mol. The number of carbonyl (C=O) groups excluding carboxylic acids is 2. The minimum absolute atomic E-state index is 0.00119. The van der Waals surface area contributed by atoms with Crippen LogP contribution in [0.1, 0.15) is 113 Å². The van der Waals surface area contributed by atoms with Crippen molar-refractivity contribution < 1.29 is 9.59 Å². The molecule has 7 atom stereocenters. The molecule has 0 heterocycles. The highest BCUT2D eigenvalue weighted by Crippen LogP contribution is 2.74. The van der Waals surface area contributed by atoms with Crippen molar-refractivity contribution >= 4 is 11.6 Å². The number of hydrogen-bond donors (Lipinski definition) is 0. The minimum atomic E-state index is -0.308. The maximum absolute atomic E-state index is 14.2. The van der Waals surface area contributed by atoms with Crippen LogP contribution in [0, 0.1) is 50.2 Å². The molecular formula is C30H46O2. The van der Waals surface area contributed by atoms with E-state index in [0.29, 0.717) is 40.7 Å². The molecule has 5 rings (SSSR count). The van der Waals surface area contributed by atoms with Gasteiger partial charge in [-0.1, -0.05) is 61.0 Å². The van der Waals surface area contributed by atoms with Gasteiger partial charge in [-0.15, -0.1) is 0 Å². The van der Waals surface area contributed by atoms with E-state index >= 15 is 0 Å². The van der Waals surface area contributed by atoms with E-state index < -0.39 is 0 Å². The van der Waals surface area contributed by atoms with Gasteiger partial charge in [0.05, 0.1) is 0 Å². The van der Waals surface area contributed by atoms with Gasteiger partial charge in [0.1, 0.15) is 5.78 Å². The summed E-state index contributed by atoms with van der Waals surface area (Å²) in [4.78, 5) is 27.0. The lowest BCUT2D eigenvalue weighted by molar-refractivity contribution is -0.187. The standard InChI is InChI=1S/C30H46O2/c1-25(2)13-14-27(5)15-16-29(7)19(20(27)18-25)17-21(31)24-28(6)11-10-23(32)26(3,4)22(28)9-12-30(24,29)8/h17,20,22,24H,9-16,18H2,1-8H3/t20-,22?,24+,27-,28+,29-,30-/m1/s1. The Kier molecular flexibility index (Phi) is 4.57. The van der Waals surface area contributed by atoms with Gasteiger partial charge in [0.15, 0.2) is 5.78 Å². The predicted molar refractivity (Wildman–Crippen MR) is 130 cm³/mol. The molecule has 0 aromatic carbocycles. The zero-order chi connectivity index (χ0) is 23.5. The van der Waals surface area contributed by atoms with E-state index in [1.807, 2.05) is 0 Å². The van der Waals surface area contributed by atoms with Gasteiger partial charge < -0.3 is 0 Å². The fourth-order valence-corrected chi connectivity index (χ4v) is 10.1. The van der Waals surface area contributed by atoms with E-state index in [0.717, 1.165) is 19.3 Å². The third kappa shape index (κ3) is 2.65. The number of rotatable bonds is 0. The molecule has 0 N–H and O–H groups in total. The van der Waals surface area contributed by atoms with Crippen molar-refractivity contribution in [3.8, 4) is 0 Å². The zero-order valence-electron chi connectivity index (χ0n) is 22.0. The van der Waals surface area contributed by atoms with Crippen molar-refractivity contribution in [2.75, 3.05) is 0 Å². The van der Waals surface area contributed by atoms with Gasteiger partial charge in [0, 0.05) is 17.8 Å². The number of allylic oxidation sites excluding steroid dienone is 2. The van der Waals surface area contributed by atoms with Crippen LogP contribution in [-0.2, 0) is 9.59 Å². The van der Waals surface area contributed by atoms with Crippen molar-refractivity contribution in [3.05, 3.63) is 11.6 Å². The maximum atomic E-state index is 14.2. The van der Waals surface area contributed by atoms with Crippen LogP contribution in [0.3, 0.4) is 0 Å². The van der Waals surface area contributed by atoms with Crippen LogP contribution in [0.5, 0.6) is 0 Å². The molecule has 1 unspecified atom stereocenters. The second kappa shape index (κ2) is 6.39. The third-order valence-electron chi connectivity index (χ3n) is 12.5. The summed E-state index contributed by atoms with van der Waals surface area (Å²) in [6, 6.07) is 0. The van der Waals surface area contributed by atoms with E-state index in [1.165, 1.54) is 37.7 Å². The molecule has 0 amide bonds. The van der Waals surface area contributed by atoms with Crippen LogP contribution in [0.15, 0.2) is 11.6 Å². The van der Waals surface area contributed by atoms with Crippen LogP contribution in [-0.4, -0.2) is 11.6 Å². The first-order valence-electron chi connectivity index (χ1n) is 13.4. The van der Waals surface area contributed by atoms with Crippen LogP contribution in [0.4, 0.5) is 0 Å². The normalized spacial score (nSPS) is 51.6. The Labute approximate surface area is 196 Å². The summed E-state index contributed by atoms with van der Waals surface area (Å²) in [6.45, 7) is 19.1. The zero-order valence-corrected chi connectivity index (χ0v) is 22.0. The molecule has 0 aromatic heterocycles. The molecule has 4 saturated carbocycles. The van der Waals surface area contributed by atoms with Crippen molar-refractivity contribution in [2.45, 2.75) is 113 Å². The number of ketones is 2. The van der Waals surface area contributed by atoms with Crippen LogP contribution in [0.25, 0.3) is 0 Å². The number of carbonyl (C=O) groups is 2. The van der Waals surface area contributed by atoms with Crippen LogP contribution >= 0.6 is 0 Å². The lowest BCUT2D eigenvalue weighted by Gasteiger charge is -2.70. The van der Waals surface area contributed by atoms with E-state index in [2.05, 4.69) is 61.5 Å². The average molecular weight is 439 g/mol. The van der Waals surface area contributed by atoms with E-state index in [1.54, 1.807) is 0 Å². The van der Waals surface area contributed by atoms with E-state index in [9.17, 15) is 9.59 Å². The summed E-state index contributed by atoms with van der Waals surface area (Å²) in [5.74, 6) is 1.72. The fourth-order valence-electron chi connectivity index (χ4n) is 10.1. The maximum Gasteiger partial charge on any atom is 0.159 e. The van der Waals surface area contributed by atoms with Crippen molar-refractivity contribution in [2.24, 2.45) is 50.2 Å². The van der Waals surface area contributed by atoms with Gasteiger partial charge in [0.2, 0.25) is 0 Å². The molecule has 0 bridgehead atoms. The van der Waals surface area contributed by atoms with Crippen molar-refractivity contribution in [3.63, 3.8) is 0 Å². The number of hydrogen-bond acceptors (Lipinski definition) is 2. The molecule has 178 valence electrons. The Morgan fingerprint density at radius 3 is 2.16 bits per heavy atom. The Hall–Kier alpha value is -0.920. The second-order valence-corrected chi connectivity index (χ2v) is 15.0. The van der Waals surface area contributed by atoms with Crippen LogP contribution < -0.4 is 0 Å². The van der Waals surface area contributed by atoms with E-state index in [4.69, 9.17) is 0 Å². The Balaban J connectivity index is 1.64. The monoisotopic (exact) mass is 438 g/mol. The summed E-state index contributed by atoms with van der Waals surface area (Å²) < 4.78 is 0. The highest BCUT2D eigenvalue weighted by Gasteiger charge is 2.70. The molecule has 32 heavy (non-hydrogen) atoms. The first kappa shape index (κ1) is 22.9.